The summed E-state index contributed by atoms with van der Waals surface area (Å²) in [7, 11) is -1.77. The fourth-order valence-electron chi connectivity index (χ4n) is 3.18. The van der Waals surface area contributed by atoms with E-state index in [4.69, 9.17) is 0 Å². The van der Waals surface area contributed by atoms with Crippen molar-refractivity contribution >= 4 is 22.6 Å². The first kappa shape index (κ1) is 21.2. The molecule has 0 bridgehead atoms. The highest BCUT2D eigenvalue weighted by molar-refractivity contribution is 8.25. The van der Waals surface area contributed by atoms with Crippen LogP contribution in [-0.4, -0.2) is 42.0 Å². The molecule has 0 atom stereocenters. The zero-order chi connectivity index (χ0) is 21.3. The van der Waals surface area contributed by atoms with Crippen molar-refractivity contribution in [2.45, 2.75) is 33.2 Å². The average molecular weight is 423 g/mol. The number of aromatic nitrogens is 2. The number of carbonyl (C=O) groups excluding carboxylic acids is 1. The molecule has 1 saturated heterocycles. The number of hydrogen-bond acceptors (Lipinski definition) is 7. The number of amides is 1. The van der Waals surface area contributed by atoms with Gasteiger partial charge in [-0.2, -0.15) is 0 Å². The predicted octanol–water partition coefficient (Wildman–Crippen LogP) is 2.30. The molecule has 1 aromatic carbocycles. The molecule has 0 spiro atoms. The summed E-state index contributed by atoms with van der Waals surface area (Å²) in [5.41, 5.74) is 1.83. The summed E-state index contributed by atoms with van der Waals surface area (Å²) in [6, 6.07) is 5.78. The molecule has 4 N–H and O–H groups in total. The second-order valence-electron chi connectivity index (χ2n) is 7.22. The van der Waals surface area contributed by atoms with Gasteiger partial charge in [-0.1, -0.05) is 18.2 Å². The van der Waals surface area contributed by atoms with Gasteiger partial charge in [-0.05, 0) is 43.4 Å². The second-order valence-corrected chi connectivity index (χ2v) is 9.33. The van der Waals surface area contributed by atoms with Crippen molar-refractivity contribution in [3.8, 4) is 5.75 Å². The lowest BCUT2D eigenvalue weighted by molar-refractivity contribution is 0.0942. The number of aromatic hydroxyl groups is 1. The minimum Gasteiger partial charge on any atom is -0.501 e. The van der Waals surface area contributed by atoms with E-state index in [1.165, 1.54) is 11.4 Å². The van der Waals surface area contributed by atoms with Crippen LogP contribution in [0.2, 0.25) is 0 Å². The Morgan fingerprint density at radius 1 is 1.24 bits per heavy atom. The predicted molar refractivity (Wildman–Crippen MR) is 113 cm³/mol. The van der Waals surface area contributed by atoms with Crippen molar-refractivity contribution in [3.63, 3.8) is 0 Å². The van der Waals surface area contributed by atoms with E-state index in [0.717, 1.165) is 21.3 Å². The van der Waals surface area contributed by atoms with E-state index in [-0.39, 0.29) is 24.8 Å². The average Bonchev–Trinajstić information content (AvgIpc) is 2.67. The third-order valence-corrected chi connectivity index (χ3v) is 6.98. The minimum absolute atomic E-state index is 0.0520. The van der Waals surface area contributed by atoms with Crippen molar-refractivity contribution in [1.29, 1.82) is 0 Å². The molecule has 2 aromatic rings. The molecule has 0 saturated carbocycles. The van der Waals surface area contributed by atoms with Gasteiger partial charge in [-0.3, -0.25) is 23.3 Å². The molecular weight excluding hydrogens is 396 g/mol. The van der Waals surface area contributed by atoms with Crippen molar-refractivity contribution in [1.82, 2.24) is 14.9 Å². The summed E-state index contributed by atoms with van der Waals surface area (Å²) < 4.78 is 23.0. The van der Waals surface area contributed by atoms with Gasteiger partial charge < -0.3 is 10.4 Å². The van der Waals surface area contributed by atoms with Crippen LogP contribution in [0.5, 0.6) is 5.75 Å². The van der Waals surface area contributed by atoms with Gasteiger partial charge in [-0.25, -0.2) is 9.29 Å². The van der Waals surface area contributed by atoms with Crippen LogP contribution in [0.25, 0.3) is 0 Å². The van der Waals surface area contributed by atoms with Gasteiger partial charge >= 0.3 is 0 Å². The first-order valence-electron chi connectivity index (χ1n) is 9.29. The van der Waals surface area contributed by atoms with Crippen LogP contribution >= 0.6 is 10.8 Å². The minimum atomic E-state index is -3.14. The highest BCUT2D eigenvalue weighted by Gasteiger charge is 2.32. The van der Waals surface area contributed by atoms with E-state index in [0.29, 0.717) is 12.8 Å². The fraction of sp³-hybridized carbons (Fsp3) is 0.421. The van der Waals surface area contributed by atoms with Gasteiger partial charge in [-0.15, -0.1) is 10.8 Å². The summed E-state index contributed by atoms with van der Waals surface area (Å²) in [4.78, 5) is 29.2. The van der Waals surface area contributed by atoms with Crippen LogP contribution in [0.3, 0.4) is 0 Å². The van der Waals surface area contributed by atoms with Crippen LogP contribution in [0, 0.1) is 13.8 Å². The van der Waals surface area contributed by atoms with E-state index in [1.54, 1.807) is 0 Å². The van der Waals surface area contributed by atoms with Crippen LogP contribution in [-0.2, 0) is 13.6 Å². The van der Waals surface area contributed by atoms with Gasteiger partial charge in [0.2, 0.25) is 11.7 Å². The molecule has 10 heteroatoms. The number of benzene rings is 1. The Kier molecular flexibility index (Phi) is 5.87. The zero-order valence-corrected chi connectivity index (χ0v) is 17.5. The lowest BCUT2D eigenvalue weighted by Gasteiger charge is -2.46. The fourth-order valence-corrected chi connectivity index (χ4v) is 4.84. The van der Waals surface area contributed by atoms with Crippen molar-refractivity contribution in [2.75, 3.05) is 16.6 Å². The Morgan fingerprint density at radius 2 is 1.97 bits per heavy atom. The second kappa shape index (κ2) is 8.05. The first-order valence-corrected chi connectivity index (χ1v) is 11.0. The normalized spacial score (nSPS) is 17.1. The third-order valence-electron chi connectivity index (χ3n) is 5.09. The molecule has 3 rings (SSSR count). The van der Waals surface area contributed by atoms with Crippen LogP contribution in [0.15, 0.2) is 23.0 Å². The van der Waals surface area contributed by atoms with Crippen molar-refractivity contribution < 1.29 is 19.0 Å². The summed E-state index contributed by atoms with van der Waals surface area (Å²) in [5, 5.41) is 12.8. The van der Waals surface area contributed by atoms with Crippen LogP contribution in [0.4, 0.5) is 5.95 Å². The largest absolute Gasteiger partial charge is 0.501 e. The molecule has 1 amide bonds. The van der Waals surface area contributed by atoms with Crippen molar-refractivity contribution in [3.05, 3.63) is 50.9 Å². The topological polar surface area (TPSA) is 128 Å². The Labute approximate surface area is 170 Å². The smallest absolute Gasteiger partial charge is 0.297 e. The van der Waals surface area contributed by atoms with Gasteiger partial charge in [0.25, 0.3) is 11.5 Å². The molecule has 1 aliphatic rings. The van der Waals surface area contributed by atoms with Gasteiger partial charge in [0.1, 0.15) is 0 Å². The molecule has 0 radical (unpaired) electrons. The standard InChI is InChI=1S/C19H26N4O5S/c1-12-6-7-14(10-13(12)2)11-20-17(25)15-16(24)18(26)22(3)19(21-15)23-8-4-5-9-29(23,27)28/h6-7,10,24,27-28H,4-5,8-9,11H2,1-3H3,(H,20,25). The number of aryl methyl sites for hydroxylation is 2. The molecule has 158 valence electrons. The van der Waals surface area contributed by atoms with Crippen LogP contribution < -0.4 is 15.2 Å². The number of hydrogen-bond donors (Lipinski definition) is 4. The van der Waals surface area contributed by atoms with Crippen molar-refractivity contribution in [2.24, 2.45) is 7.05 Å². The van der Waals surface area contributed by atoms with E-state index in [2.05, 4.69) is 10.3 Å². The quantitative estimate of drug-likeness (QED) is 0.595. The number of nitrogens with zero attached hydrogens (tertiary/aromatic N) is 3. The molecule has 1 aromatic heterocycles. The maximum Gasteiger partial charge on any atom is 0.297 e. The van der Waals surface area contributed by atoms with E-state index < -0.39 is 33.7 Å². The summed E-state index contributed by atoms with van der Waals surface area (Å²) in [6.45, 7) is 4.45. The lowest BCUT2D eigenvalue weighted by Crippen LogP contribution is -2.39. The number of rotatable bonds is 4. The number of nitrogens with one attached hydrogen (secondary N) is 1. The molecule has 0 unspecified atom stereocenters. The Bertz CT molecular complexity index is 1000. The molecule has 29 heavy (non-hydrogen) atoms. The molecule has 1 fully saturated rings. The van der Waals surface area contributed by atoms with Gasteiger partial charge in [0, 0.05) is 20.1 Å². The maximum absolute atomic E-state index is 12.6. The first-order chi connectivity index (χ1) is 13.6. The molecule has 1 aliphatic heterocycles. The Balaban J connectivity index is 1.90. The lowest BCUT2D eigenvalue weighted by atomic mass is 10.1. The Hall–Kier alpha value is -2.56. The number of anilines is 1. The molecule has 9 nitrogen and oxygen atoms in total. The van der Waals surface area contributed by atoms with Gasteiger partial charge in [0.05, 0.1) is 5.75 Å². The summed E-state index contributed by atoms with van der Waals surface area (Å²) in [6.07, 6.45) is 1.34. The van der Waals surface area contributed by atoms with E-state index in [1.807, 2.05) is 32.0 Å². The SMILES string of the molecule is Cc1ccc(CNC(=O)c2nc(N3CCCCS3(O)O)n(C)c(=O)c2O)cc1C. The highest BCUT2D eigenvalue weighted by atomic mass is 32.3. The molecular formula is C19H26N4O5S. The molecule has 2 heterocycles. The zero-order valence-electron chi connectivity index (χ0n) is 16.7. The van der Waals surface area contributed by atoms with E-state index in [9.17, 15) is 23.8 Å². The summed E-state index contributed by atoms with van der Waals surface area (Å²) in [5.74, 6) is -1.38. The summed E-state index contributed by atoms with van der Waals surface area (Å²) >= 11 is 0. The monoisotopic (exact) mass is 422 g/mol. The van der Waals surface area contributed by atoms with E-state index >= 15 is 0 Å². The third kappa shape index (κ3) is 4.24. The molecule has 0 aliphatic carbocycles. The highest BCUT2D eigenvalue weighted by Crippen LogP contribution is 2.48. The van der Waals surface area contributed by atoms with Crippen LogP contribution in [0.1, 0.15) is 40.0 Å². The number of carbonyl (C=O) groups is 1. The van der Waals surface area contributed by atoms with Gasteiger partial charge in [0.15, 0.2) is 5.69 Å². The Morgan fingerprint density at radius 3 is 2.62 bits per heavy atom. The maximum atomic E-state index is 12.6.